The Morgan fingerprint density at radius 1 is 1.00 bits per heavy atom. The maximum Gasteiger partial charge on any atom is 0.416 e. The van der Waals surface area contributed by atoms with Gasteiger partial charge in [0, 0.05) is 24.8 Å². The quantitative estimate of drug-likeness (QED) is 0.670. The first kappa shape index (κ1) is 22.1. The van der Waals surface area contributed by atoms with Crippen LogP contribution in [0.4, 0.5) is 24.5 Å². The number of imide groups is 1. The Kier molecular flexibility index (Phi) is 6.14. The predicted octanol–water partition coefficient (Wildman–Crippen LogP) is 4.27. The molecule has 2 aromatic carbocycles. The van der Waals surface area contributed by atoms with Gasteiger partial charge in [-0.25, -0.2) is 0 Å². The maximum absolute atomic E-state index is 13.1. The van der Waals surface area contributed by atoms with E-state index in [-0.39, 0.29) is 29.4 Å². The molecule has 0 unspecified atom stereocenters. The van der Waals surface area contributed by atoms with Gasteiger partial charge in [0.1, 0.15) is 5.70 Å². The number of anilines is 2. The monoisotopic (exact) mass is 431 g/mol. The van der Waals surface area contributed by atoms with E-state index in [4.69, 9.17) is 0 Å². The lowest BCUT2D eigenvalue weighted by Crippen LogP contribution is -2.33. The second-order valence-electron chi connectivity index (χ2n) is 6.97. The van der Waals surface area contributed by atoms with Gasteiger partial charge in [-0.05, 0) is 42.3 Å². The Morgan fingerprint density at radius 3 is 2.26 bits per heavy atom. The van der Waals surface area contributed by atoms with Crippen molar-refractivity contribution in [3.8, 4) is 0 Å². The molecule has 2 N–H and O–H groups in total. The highest BCUT2D eigenvalue weighted by Gasteiger charge is 2.39. The summed E-state index contributed by atoms with van der Waals surface area (Å²) in [7, 11) is 0. The summed E-state index contributed by atoms with van der Waals surface area (Å²) in [4.78, 5) is 38.1. The first-order chi connectivity index (χ1) is 14.6. The smallest absolute Gasteiger partial charge is 0.350 e. The zero-order valence-corrected chi connectivity index (χ0v) is 16.8. The fourth-order valence-corrected chi connectivity index (χ4v) is 3.23. The second-order valence-corrected chi connectivity index (χ2v) is 6.97. The van der Waals surface area contributed by atoms with Crippen molar-refractivity contribution >= 4 is 34.7 Å². The first-order valence-electron chi connectivity index (χ1n) is 9.54. The third-order valence-electron chi connectivity index (χ3n) is 4.57. The zero-order chi connectivity index (χ0) is 22.8. The summed E-state index contributed by atoms with van der Waals surface area (Å²) in [6, 6.07) is 10.7. The molecule has 0 saturated heterocycles. The highest BCUT2D eigenvalue weighted by atomic mass is 19.4. The summed E-state index contributed by atoms with van der Waals surface area (Å²) in [5.74, 6) is -1.40. The summed E-state index contributed by atoms with van der Waals surface area (Å²) < 4.78 is 39.2. The maximum atomic E-state index is 13.1. The van der Waals surface area contributed by atoms with Crippen LogP contribution < -0.4 is 10.6 Å². The minimum absolute atomic E-state index is 0.0386. The number of amides is 3. The third-order valence-corrected chi connectivity index (χ3v) is 4.57. The minimum Gasteiger partial charge on any atom is -0.350 e. The van der Waals surface area contributed by atoms with Crippen molar-refractivity contribution in [1.82, 2.24) is 4.90 Å². The van der Waals surface area contributed by atoms with E-state index in [1.807, 2.05) is 0 Å². The van der Waals surface area contributed by atoms with E-state index in [2.05, 4.69) is 10.6 Å². The molecule has 0 aromatic heterocycles. The van der Waals surface area contributed by atoms with Crippen LogP contribution in [-0.2, 0) is 20.6 Å². The van der Waals surface area contributed by atoms with Crippen molar-refractivity contribution in [2.24, 2.45) is 0 Å². The minimum atomic E-state index is -4.54. The van der Waals surface area contributed by atoms with Gasteiger partial charge in [0.15, 0.2) is 0 Å². The summed E-state index contributed by atoms with van der Waals surface area (Å²) in [5, 5.41) is 5.32. The van der Waals surface area contributed by atoms with Crippen LogP contribution >= 0.6 is 0 Å². The van der Waals surface area contributed by atoms with E-state index in [0.29, 0.717) is 17.7 Å². The number of carbonyl (C=O) groups excluding carboxylic acids is 3. The van der Waals surface area contributed by atoms with Crippen LogP contribution in [0.25, 0.3) is 5.57 Å². The molecule has 0 fully saturated rings. The van der Waals surface area contributed by atoms with Crippen LogP contribution in [0.2, 0.25) is 0 Å². The standard InChI is InChI=1S/C22H20F3N3O3/c1-3-11-28-20(30)18(14-7-9-16(10-8-14)26-13(2)29)19(21(28)31)27-17-6-4-5-15(12-17)22(23,24)25/h4-10,12,27H,3,11H2,1-2H3,(H,26,29). The molecule has 0 bridgehead atoms. The van der Waals surface area contributed by atoms with Crippen LogP contribution in [0.5, 0.6) is 0 Å². The molecule has 0 spiro atoms. The molecular weight excluding hydrogens is 411 g/mol. The normalized spacial score (nSPS) is 14.3. The van der Waals surface area contributed by atoms with E-state index >= 15 is 0 Å². The molecule has 0 atom stereocenters. The Hall–Kier alpha value is -3.62. The average Bonchev–Trinajstić information content (AvgIpc) is 2.92. The molecule has 0 aliphatic carbocycles. The highest BCUT2D eigenvalue weighted by Crippen LogP contribution is 2.34. The van der Waals surface area contributed by atoms with Gasteiger partial charge in [0.25, 0.3) is 11.8 Å². The lowest BCUT2D eigenvalue weighted by molar-refractivity contribution is -0.138. The summed E-state index contributed by atoms with van der Waals surface area (Å²) in [5.41, 5.74) is 0.0421. The average molecular weight is 431 g/mol. The Balaban J connectivity index is 2.03. The topological polar surface area (TPSA) is 78.5 Å². The Bertz CT molecular complexity index is 1060. The number of benzene rings is 2. The fourth-order valence-electron chi connectivity index (χ4n) is 3.23. The van der Waals surface area contributed by atoms with Crippen molar-refractivity contribution in [3.63, 3.8) is 0 Å². The molecule has 31 heavy (non-hydrogen) atoms. The number of rotatable bonds is 6. The van der Waals surface area contributed by atoms with Gasteiger partial charge in [-0.15, -0.1) is 0 Å². The van der Waals surface area contributed by atoms with E-state index < -0.39 is 23.6 Å². The molecule has 6 nitrogen and oxygen atoms in total. The molecule has 1 heterocycles. The molecule has 2 aromatic rings. The SMILES string of the molecule is CCCN1C(=O)C(Nc2cccc(C(F)(F)F)c2)=C(c2ccc(NC(C)=O)cc2)C1=O. The van der Waals surface area contributed by atoms with Crippen molar-refractivity contribution in [3.05, 3.63) is 65.4 Å². The third kappa shape index (κ3) is 4.76. The molecule has 0 saturated carbocycles. The van der Waals surface area contributed by atoms with Crippen LogP contribution in [0.1, 0.15) is 31.4 Å². The van der Waals surface area contributed by atoms with E-state index in [1.54, 1.807) is 31.2 Å². The number of alkyl halides is 3. The van der Waals surface area contributed by atoms with Gasteiger partial charge in [0.2, 0.25) is 5.91 Å². The molecule has 3 rings (SSSR count). The Labute approximate surface area is 176 Å². The Morgan fingerprint density at radius 2 is 1.68 bits per heavy atom. The van der Waals surface area contributed by atoms with Gasteiger partial charge < -0.3 is 10.6 Å². The predicted molar refractivity (Wildman–Crippen MR) is 110 cm³/mol. The van der Waals surface area contributed by atoms with Crippen LogP contribution in [-0.4, -0.2) is 29.2 Å². The number of hydrogen-bond donors (Lipinski definition) is 2. The number of hydrogen-bond acceptors (Lipinski definition) is 4. The molecule has 1 aliphatic heterocycles. The van der Waals surface area contributed by atoms with Crippen molar-refractivity contribution < 1.29 is 27.6 Å². The van der Waals surface area contributed by atoms with Gasteiger partial charge >= 0.3 is 6.18 Å². The largest absolute Gasteiger partial charge is 0.416 e. The molecule has 3 amide bonds. The molecule has 0 radical (unpaired) electrons. The van der Waals surface area contributed by atoms with E-state index in [9.17, 15) is 27.6 Å². The number of nitrogens with one attached hydrogen (secondary N) is 2. The zero-order valence-electron chi connectivity index (χ0n) is 16.8. The van der Waals surface area contributed by atoms with Gasteiger partial charge in [-0.2, -0.15) is 13.2 Å². The summed E-state index contributed by atoms with van der Waals surface area (Å²) in [6.07, 6.45) is -4.01. The van der Waals surface area contributed by atoms with Crippen molar-refractivity contribution in [2.75, 3.05) is 17.2 Å². The van der Waals surface area contributed by atoms with E-state index in [1.165, 1.54) is 19.1 Å². The van der Waals surface area contributed by atoms with Gasteiger partial charge in [-0.3, -0.25) is 19.3 Å². The lowest BCUT2D eigenvalue weighted by atomic mass is 10.0. The summed E-state index contributed by atoms with van der Waals surface area (Å²) >= 11 is 0. The number of carbonyl (C=O) groups is 3. The second kappa shape index (κ2) is 8.63. The van der Waals surface area contributed by atoms with Gasteiger partial charge in [0.05, 0.1) is 11.1 Å². The molecule has 162 valence electrons. The van der Waals surface area contributed by atoms with Crippen LogP contribution in [0.15, 0.2) is 54.2 Å². The van der Waals surface area contributed by atoms with Crippen LogP contribution in [0.3, 0.4) is 0 Å². The molecule has 1 aliphatic rings. The van der Waals surface area contributed by atoms with Gasteiger partial charge in [-0.1, -0.05) is 25.1 Å². The highest BCUT2D eigenvalue weighted by molar-refractivity contribution is 6.36. The lowest BCUT2D eigenvalue weighted by Gasteiger charge is -2.14. The first-order valence-corrected chi connectivity index (χ1v) is 9.54. The van der Waals surface area contributed by atoms with Crippen LogP contribution in [0, 0.1) is 0 Å². The van der Waals surface area contributed by atoms with Crippen molar-refractivity contribution in [2.45, 2.75) is 26.4 Å². The number of nitrogens with zero attached hydrogens (tertiary/aromatic N) is 1. The van der Waals surface area contributed by atoms with Crippen molar-refractivity contribution in [1.29, 1.82) is 0 Å². The molecular formula is C22H20F3N3O3. The fraction of sp³-hybridized carbons (Fsp3) is 0.227. The number of halogens is 3. The summed E-state index contributed by atoms with van der Waals surface area (Å²) in [6.45, 7) is 3.34. The molecule has 9 heteroatoms. The van der Waals surface area contributed by atoms with E-state index in [0.717, 1.165) is 17.0 Å².